The molecule has 1 aliphatic carbocycles. The van der Waals surface area contributed by atoms with E-state index in [2.05, 4.69) is 5.92 Å². The number of rotatable bonds is 3. The molecule has 1 saturated carbocycles. The quantitative estimate of drug-likeness (QED) is 0.374. The lowest BCUT2D eigenvalue weighted by Gasteiger charge is -2.19. The van der Waals surface area contributed by atoms with Crippen LogP contribution in [0.4, 0.5) is 0 Å². The Balaban J connectivity index is 2.30. The van der Waals surface area contributed by atoms with Crippen LogP contribution in [-0.2, 0) is 9.59 Å². The molecule has 0 spiro atoms. The molecule has 0 amide bonds. The summed E-state index contributed by atoms with van der Waals surface area (Å²) < 4.78 is 0. The molecule has 2 heteroatoms. The smallest absolute Gasteiger partial charge is 0.140 e. The van der Waals surface area contributed by atoms with E-state index < -0.39 is 0 Å². The van der Waals surface area contributed by atoms with Crippen molar-refractivity contribution in [3.05, 3.63) is 0 Å². The van der Waals surface area contributed by atoms with Gasteiger partial charge in [-0.1, -0.05) is 0 Å². The second kappa shape index (κ2) is 4.81. The van der Waals surface area contributed by atoms with Gasteiger partial charge in [-0.15, -0.1) is 12.3 Å². The van der Waals surface area contributed by atoms with Crippen molar-refractivity contribution in [2.24, 2.45) is 5.92 Å². The van der Waals surface area contributed by atoms with Gasteiger partial charge in [0.1, 0.15) is 11.6 Å². The van der Waals surface area contributed by atoms with Crippen molar-refractivity contribution in [2.75, 3.05) is 0 Å². The molecule has 0 saturated heterocycles. The number of hydrogen-bond donors (Lipinski definition) is 0. The van der Waals surface area contributed by atoms with Crippen molar-refractivity contribution in [2.45, 2.75) is 38.5 Å². The van der Waals surface area contributed by atoms with Gasteiger partial charge in [-0.3, -0.25) is 9.59 Å². The molecule has 0 radical (unpaired) electrons. The Morgan fingerprint density at radius 2 is 1.92 bits per heavy atom. The number of carbonyl (C=O) groups is 2. The summed E-state index contributed by atoms with van der Waals surface area (Å²) in [5.74, 6) is 3.02. The Bertz CT molecular complexity index is 231. The molecular formula is C11H14O2. The van der Waals surface area contributed by atoms with Crippen LogP contribution in [0.15, 0.2) is 0 Å². The van der Waals surface area contributed by atoms with Crippen molar-refractivity contribution in [3.8, 4) is 12.3 Å². The van der Waals surface area contributed by atoms with Crippen molar-refractivity contribution in [3.63, 3.8) is 0 Å². The molecule has 0 aromatic carbocycles. The Kier molecular flexibility index (Phi) is 3.70. The first-order valence-electron chi connectivity index (χ1n) is 4.69. The third-order valence-corrected chi connectivity index (χ3v) is 2.36. The molecule has 0 heterocycles. The maximum atomic E-state index is 11.1. The number of terminal acetylenes is 1. The summed E-state index contributed by atoms with van der Waals surface area (Å²) in [6.45, 7) is 0. The van der Waals surface area contributed by atoms with Gasteiger partial charge in [0.05, 0.1) is 6.42 Å². The highest BCUT2D eigenvalue weighted by atomic mass is 16.1. The first-order chi connectivity index (χ1) is 6.22. The van der Waals surface area contributed by atoms with Crippen LogP contribution in [0.3, 0.4) is 0 Å². The second-order valence-electron chi connectivity index (χ2n) is 3.62. The van der Waals surface area contributed by atoms with Gasteiger partial charge in [-0.05, 0) is 18.8 Å². The van der Waals surface area contributed by atoms with Crippen LogP contribution in [0.1, 0.15) is 38.5 Å². The van der Waals surface area contributed by atoms with Crippen molar-refractivity contribution < 1.29 is 9.59 Å². The van der Waals surface area contributed by atoms with Crippen LogP contribution in [0.5, 0.6) is 0 Å². The van der Waals surface area contributed by atoms with Crippen LogP contribution >= 0.6 is 0 Å². The van der Waals surface area contributed by atoms with E-state index in [9.17, 15) is 9.59 Å². The summed E-state index contributed by atoms with van der Waals surface area (Å²) in [6, 6.07) is 0. The van der Waals surface area contributed by atoms with Crippen LogP contribution in [0, 0.1) is 18.3 Å². The maximum absolute atomic E-state index is 11.1. The van der Waals surface area contributed by atoms with Crippen molar-refractivity contribution >= 4 is 11.6 Å². The number of ketones is 2. The zero-order chi connectivity index (χ0) is 9.68. The predicted molar refractivity (Wildman–Crippen MR) is 50.0 cm³/mol. The molecule has 13 heavy (non-hydrogen) atoms. The standard InChI is InChI=1S/C11H14O2/c1-2-3-4-5-9-6-10(12)8-11(13)7-9/h1,9H,3-8H2. The molecule has 2 nitrogen and oxygen atoms in total. The Labute approximate surface area is 78.7 Å². The second-order valence-corrected chi connectivity index (χ2v) is 3.62. The molecular weight excluding hydrogens is 164 g/mol. The molecule has 0 aliphatic heterocycles. The number of unbranched alkanes of at least 4 members (excludes halogenated alkanes) is 1. The molecule has 0 unspecified atom stereocenters. The van der Waals surface area contributed by atoms with Gasteiger partial charge in [0.15, 0.2) is 0 Å². The Morgan fingerprint density at radius 3 is 2.46 bits per heavy atom. The summed E-state index contributed by atoms with van der Waals surface area (Å²) in [7, 11) is 0. The van der Waals surface area contributed by atoms with Gasteiger partial charge in [0, 0.05) is 19.3 Å². The van der Waals surface area contributed by atoms with Crippen LogP contribution in [0.2, 0.25) is 0 Å². The SMILES string of the molecule is C#CCCCC1CC(=O)CC(=O)C1. The van der Waals surface area contributed by atoms with Gasteiger partial charge in [-0.2, -0.15) is 0 Å². The minimum absolute atomic E-state index is 0.0990. The van der Waals surface area contributed by atoms with Crippen LogP contribution in [0.25, 0.3) is 0 Å². The van der Waals surface area contributed by atoms with Crippen LogP contribution < -0.4 is 0 Å². The monoisotopic (exact) mass is 178 g/mol. The van der Waals surface area contributed by atoms with E-state index >= 15 is 0 Å². The van der Waals surface area contributed by atoms with Gasteiger partial charge < -0.3 is 0 Å². The van der Waals surface area contributed by atoms with Crippen LogP contribution in [-0.4, -0.2) is 11.6 Å². The van der Waals surface area contributed by atoms with E-state index in [0.717, 1.165) is 19.3 Å². The lowest BCUT2D eigenvalue weighted by atomic mass is 9.84. The molecule has 70 valence electrons. The fraction of sp³-hybridized carbons (Fsp3) is 0.636. The van der Waals surface area contributed by atoms with E-state index in [-0.39, 0.29) is 23.9 Å². The third-order valence-electron chi connectivity index (χ3n) is 2.36. The minimum Gasteiger partial charge on any atom is -0.299 e. The normalized spacial score (nSPS) is 18.7. The maximum Gasteiger partial charge on any atom is 0.140 e. The summed E-state index contributed by atoms with van der Waals surface area (Å²) in [4.78, 5) is 22.1. The Morgan fingerprint density at radius 1 is 1.31 bits per heavy atom. The molecule has 0 aromatic heterocycles. The average molecular weight is 178 g/mol. The van der Waals surface area contributed by atoms with Gasteiger partial charge in [-0.25, -0.2) is 0 Å². The molecule has 0 bridgehead atoms. The Hall–Kier alpha value is -1.10. The molecule has 0 aromatic rings. The van der Waals surface area contributed by atoms with E-state index in [4.69, 9.17) is 6.42 Å². The zero-order valence-corrected chi connectivity index (χ0v) is 7.71. The average Bonchev–Trinajstić information content (AvgIpc) is 2.03. The first kappa shape index (κ1) is 9.98. The van der Waals surface area contributed by atoms with E-state index in [1.54, 1.807) is 0 Å². The van der Waals surface area contributed by atoms with Crippen molar-refractivity contribution in [1.82, 2.24) is 0 Å². The number of carbonyl (C=O) groups excluding carboxylic acids is 2. The highest BCUT2D eigenvalue weighted by molar-refractivity contribution is 6.01. The lowest BCUT2D eigenvalue weighted by Crippen LogP contribution is -2.22. The highest BCUT2D eigenvalue weighted by Crippen LogP contribution is 2.23. The number of Topliss-reactive ketones (excluding diaryl/α,β-unsaturated/α-hetero) is 2. The van der Waals surface area contributed by atoms with Gasteiger partial charge in [0.25, 0.3) is 0 Å². The minimum atomic E-state index is 0.0990. The fourth-order valence-electron chi connectivity index (χ4n) is 1.78. The molecule has 1 fully saturated rings. The molecule has 1 rings (SSSR count). The highest BCUT2D eigenvalue weighted by Gasteiger charge is 2.24. The predicted octanol–water partition coefficient (Wildman–Crippen LogP) is 1.73. The third kappa shape index (κ3) is 3.42. The van der Waals surface area contributed by atoms with Crippen molar-refractivity contribution in [1.29, 1.82) is 0 Å². The topological polar surface area (TPSA) is 34.1 Å². The summed E-state index contributed by atoms with van der Waals surface area (Å²) in [5.41, 5.74) is 0. The number of hydrogen-bond acceptors (Lipinski definition) is 2. The fourth-order valence-corrected chi connectivity index (χ4v) is 1.78. The van der Waals surface area contributed by atoms with E-state index in [1.165, 1.54) is 0 Å². The summed E-state index contributed by atoms with van der Waals surface area (Å²) in [5, 5.41) is 0. The molecule has 0 N–H and O–H groups in total. The van der Waals surface area contributed by atoms with Gasteiger partial charge in [0.2, 0.25) is 0 Å². The summed E-state index contributed by atoms with van der Waals surface area (Å²) in [6.07, 6.45) is 9.03. The largest absolute Gasteiger partial charge is 0.299 e. The van der Waals surface area contributed by atoms with E-state index in [1.807, 2.05) is 0 Å². The zero-order valence-electron chi connectivity index (χ0n) is 7.71. The molecule has 0 atom stereocenters. The van der Waals surface area contributed by atoms with Gasteiger partial charge >= 0.3 is 0 Å². The van der Waals surface area contributed by atoms with E-state index in [0.29, 0.717) is 12.8 Å². The first-order valence-corrected chi connectivity index (χ1v) is 4.69. The molecule has 1 aliphatic rings. The summed E-state index contributed by atoms with van der Waals surface area (Å²) >= 11 is 0. The lowest BCUT2D eigenvalue weighted by molar-refractivity contribution is -0.131.